The van der Waals surface area contributed by atoms with Gasteiger partial charge in [0.1, 0.15) is 5.69 Å². The molecular weight excluding hydrogens is 377 g/mol. The number of hydrogen-bond acceptors (Lipinski definition) is 4. The van der Waals surface area contributed by atoms with Crippen LogP contribution in [0, 0.1) is 5.92 Å². The van der Waals surface area contributed by atoms with Gasteiger partial charge in [-0.05, 0) is 17.9 Å². The van der Waals surface area contributed by atoms with Crippen molar-refractivity contribution in [2.75, 3.05) is 13.6 Å². The molecule has 0 saturated heterocycles. The SMILES string of the molecule is CC(C)C(N)CCN(C)C(=O)c1csc(Cc2ccccc2)n1.Cl.Cl. The molecule has 0 aliphatic carbocycles. The molecule has 2 rings (SSSR count). The van der Waals surface area contributed by atoms with Gasteiger partial charge in [0.25, 0.3) is 5.91 Å². The van der Waals surface area contributed by atoms with Gasteiger partial charge in [0.2, 0.25) is 0 Å². The Kier molecular flexibility index (Phi) is 10.9. The van der Waals surface area contributed by atoms with E-state index >= 15 is 0 Å². The zero-order valence-corrected chi connectivity index (χ0v) is 17.3. The number of carbonyl (C=O) groups is 1. The molecular formula is C18H27Cl2N3OS. The molecule has 2 aromatic rings. The molecule has 25 heavy (non-hydrogen) atoms. The van der Waals surface area contributed by atoms with Crippen LogP contribution in [0.15, 0.2) is 35.7 Å². The number of nitrogens with two attached hydrogens (primary N) is 1. The van der Waals surface area contributed by atoms with E-state index < -0.39 is 0 Å². The average molecular weight is 404 g/mol. The lowest BCUT2D eigenvalue weighted by atomic mass is 10.0. The van der Waals surface area contributed by atoms with Crippen LogP contribution in [0.1, 0.15) is 41.3 Å². The van der Waals surface area contributed by atoms with E-state index in [-0.39, 0.29) is 36.8 Å². The molecule has 1 aromatic heterocycles. The van der Waals surface area contributed by atoms with Crippen molar-refractivity contribution in [3.8, 4) is 0 Å². The highest BCUT2D eigenvalue weighted by atomic mass is 35.5. The molecule has 2 N–H and O–H groups in total. The highest BCUT2D eigenvalue weighted by Gasteiger charge is 2.17. The van der Waals surface area contributed by atoms with E-state index in [1.165, 1.54) is 16.9 Å². The van der Waals surface area contributed by atoms with Gasteiger partial charge in [-0.1, -0.05) is 44.2 Å². The zero-order valence-electron chi connectivity index (χ0n) is 14.8. The monoisotopic (exact) mass is 403 g/mol. The number of halogens is 2. The minimum Gasteiger partial charge on any atom is -0.340 e. The average Bonchev–Trinajstić information content (AvgIpc) is 3.00. The van der Waals surface area contributed by atoms with E-state index in [0.717, 1.165) is 17.8 Å². The third-order valence-corrected chi connectivity index (χ3v) is 4.82. The number of aromatic nitrogens is 1. The molecule has 1 heterocycles. The van der Waals surface area contributed by atoms with E-state index in [1.54, 1.807) is 4.90 Å². The molecule has 0 fully saturated rings. The first-order valence-electron chi connectivity index (χ1n) is 7.96. The summed E-state index contributed by atoms with van der Waals surface area (Å²) in [6.45, 7) is 4.86. The van der Waals surface area contributed by atoms with Gasteiger partial charge >= 0.3 is 0 Å². The molecule has 1 atom stereocenters. The Bertz CT molecular complexity index is 634. The van der Waals surface area contributed by atoms with E-state index in [9.17, 15) is 4.79 Å². The smallest absolute Gasteiger partial charge is 0.273 e. The summed E-state index contributed by atoms with van der Waals surface area (Å²) in [5, 5.41) is 2.81. The van der Waals surface area contributed by atoms with Crippen molar-refractivity contribution < 1.29 is 4.79 Å². The van der Waals surface area contributed by atoms with E-state index in [0.29, 0.717) is 18.2 Å². The quantitative estimate of drug-likeness (QED) is 0.758. The molecule has 140 valence electrons. The van der Waals surface area contributed by atoms with Gasteiger partial charge in [0.15, 0.2) is 0 Å². The molecule has 0 bridgehead atoms. The van der Waals surface area contributed by atoms with Crippen molar-refractivity contribution >= 4 is 42.1 Å². The van der Waals surface area contributed by atoms with Gasteiger partial charge in [0.05, 0.1) is 5.01 Å². The first-order chi connectivity index (χ1) is 11.0. The van der Waals surface area contributed by atoms with Gasteiger partial charge in [-0.15, -0.1) is 36.2 Å². The van der Waals surface area contributed by atoms with Gasteiger partial charge in [-0.2, -0.15) is 0 Å². The van der Waals surface area contributed by atoms with Crippen LogP contribution in [0.25, 0.3) is 0 Å². The van der Waals surface area contributed by atoms with Crippen LogP contribution in [0.5, 0.6) is 0 Å². The number of thiazole rings is 1. The van der Waals surface area contributed by atoms with Crippen molar-refractivity contribution in [2.24, 2.45) is 11.7 Å². The Morgan fingerprint density at radius 2 is 1.88 bits per heavy atom. The Morgan fingerprint density at radius 3 is 2.48 bits per heavy atom. The Hall–Kier alpha value is -1.14. The number of amides is 1. The maximum atomic E-state index is 12.4. The molecule has 1 amide bonds. The van der Waals surface area contributed by atoms with Gasteiger partial charge in [-0.3, -0.25) is 4.79 Å². The van der Waals surface area contributed by atoms with Crippen molar-refractivity contribution in [3.05, 3.63) is 52.0 Å². The molecule has 0 saturated carbocycles. The predicted molar refractivity (Wildman–Crippen MR) is 110 cm³/mol. The maximum Gasteiger partial charge on any atom is 0.273 e. The van der Waals surface area contributed by atoms with Crippen molar-refractivity contribution in [2.45, 2.75) is 32.7 Å². The topological polar surface area (TPSA) is 59.2 Å². The Labute approximate surface area is 166 Å². The van der Waals surface area contributed by atoms with Crippen LogP contribution < -0.4 is 5.73 Å². The molecule has 0 radical (unpaired) electrons. The van der Waals surface area contributed by atoms with Crippen molar-refractivity contribution in [1.29, 1.82) is 0 Å². The van der Waals surface area contributed by atoms with Crippen LogP contribution in [-0.2, 0) is 6.42 Å². The first kappa shape index (κ1) is 23.9. The molecule has 1 aromatic carbocycles. The highest BCUT2D eigenvalue weighted by molar-refractivity contribution is 7.09. The summed E-state index contributed by atoms with van der Waals surface area (Å²) >= 11 is 1.54. The summed E-state index contributed by atoms with van der Waals surface area (Å²) < 4.78 is 0. The molecule has 0 spiro atoms. The number of hydrogen-bond donors (Lipinski definition) is 1. The van der Waals surface area contributed by atoms with Crippen molar-refractivity contribution in [3.63, 3.8) is 0 Å². The van der Waals surface area contributed by atoms with Gasteiger partial charge < -0.3 is 10.6 Å². The zero-order chi connectivity index (χ0) is 16.8. The molecule has 1 unspecified atom stereocenters. The van der Waals surface area contributed by atoms with Gasteiger partial charge in [-0.25, -0.2) is 4.98 Å². The van der Waals surface area contributed by atoms with Crippen molar-refractivity contribution in [1.82, 2.24) is 9.88 Å². The fraction of sp³-hybridized carbons (Fsp3) is 0.444. The standard InChI is InChI=1S/C18H25N3OS.2ClH/c1-13(2)15(19)9-10-21(3)18(22)16-12-23-17(20-16)11-14-7-5-4-6-8-14;;/h4-8,12-13,15H,9-11,19H2,1-3H3;2*1H. The summed E-state index contributed by atoms with van der Waals surface area (Å²) in [6, 6.07) is 10.3. The number of rotatable bonds is 7. The van der Waals surface area contributed by atoms with E-state index in [4.69, 9.17) is 5.73 Å². The van der Waals surface area contributed by atoms with E-state index in [1.807, 2.05) is 30.6 Å². The fourth-order valence-electron chi connectivity index (χ4n) is 2.23. The minimum absolute atomic E-state index is 0. The predicted octanol–water partition coefficient (Wildman–Crippen LogP) is 4.02. The van der Waals surface area contributed by atoms with Crippen LogP contribution in [-0.4, -0.2) is 35.4 Å². The number of nitrogens with zero attached hydrogens (tertiary/aromatic N) is 2. The lowest BCUT2D eigenvalue weighted by Crippen LogP contribution is -2.34. The lowest BCUT2D eigenvalue weighted by Gasteiger charge is -2.20. The third kappa shape index (κ3) is 7.32. The summed E-state index contributed by atoms with van der Waals surface area (Å²) in [7, 11) is 1.81. The van der Waals surface area contributed by atoms with Gasteiger partial charge in [0, 0.05) is 31.4 Å². The Balaban J connectivity index is 0.00000288. The summed E-state index contributed by atoms with van der Waals surface area (Å²) in [6.07, 6.45) is 1.57. The molecule has 7 heteroatoms. The third-order valence-electron chi connectivity index (χ3n) is 3.97. The maximum absolute atomic E-state index is 12.4. The number of carbonyl (C=O) groups excluding carboxylic acids is 1. The normalized spacial score (nSPS) is 11.4. The largest absolute Gasteiger partial charge is 0.340 e. The fourth-order valence-corrected chi connectivity index (χ4v) is 3.04. The summed E-state index contributed by atoms with van der Waals surface area (Å²) in [5.74, 6) is 0.395. The number of benzene rings is 1. The summed E-state index contributed by atoms with van der Waals surface area (Å²) in [4.78, 5) is 18.6. The first-order valence-corrected chi connectivity index (χ1v) is 8.84. The highest BCUT2D eigenvalue weighted by Crippen LogP contribution is 2.16. The van der Waals surface area contributed by atoms with Crippen LogP contribution in [0.3, 0.4) is 0 Å². The van der Waals surface area contributed by atoms with E-state index in [2.05, 4.69) is 31.0 Å². The van der Waals surface area contributed by atoms with Crippen LogP contribution in [0.4, 0.5) is 0 Å². The molecule has 0 aliphatic heterocycles. The molecule has 4 nitrogen and oxygen atoms in total. The summed E-state index contributed by atoms with van der Waals surface area (Å²) in [5.41, 5.74) is 7.78. The second-order valence-electron chi connectivity index (χ2n) is 6.21. The Morgan fingerprint density at radius 1 is 1.24 bits per heavy atom. The second-order valence-corrected chi connectivity index (χ2v) is 7.15. The lowest BCUT2D eigenvalue weighted by molar-refractivity contribution is 0.0784. The van der Waals surface area contributed by atoms with Crippen LogP contribution >= 0.6 is 36.2 Å². The van der Waals surface area contributed by atoms with Crippen LogP contribution in [0.2, 0.25) is 0 Å². The molecule has 0 aliphatic rings. The second kappa shape index (κ2) is 11.5. The minimum atomic E-state index is -0.0310.